The van der Waals surface area contributed by atoms with Crippen molar-refractivity contribution in [3.8, 4) is 22.3 Å². The van der Waals surface area contributed by atoms with E-state index in [1.807, 2.05) is 30.3 Å². The minimum Gasteiger partial charge on any atom is -0.356 e. The molecular formula is C27H27Cl2FN2O. The smallest absolute Gasteiger partial charge is 0.175 e. The molecule has 0 aliphatic carbocycles. The van der Waals surface area contributed by atoms with Crippen LogP contribution in [0.5, 0.6) is 0 Å². The van der Waals surface area contributed by atoms with Crippen molar-refractivity contribution in [2.75, 3.05) is 0 Å². The maximum absolute atomic E-state index is 15.5. The predicted octanol–water partition coefficient (Wildman–Crippen LogP) is 8.22. The monoisotopic (exact) mass is 484 g/mol. The minimum atomic E-state index is -0.442. The molecule has 0 amide bonds. The van der Waals surface area contributed by atoms with Crippen LogP contribution in [0.15, 0.2) is 47.1 Å². The molecule has 172 valence electrons. The zero-order valence-electron chi connectivity index (χ0n) is 19.0. The van der Waals surface area contributed by atoms with Gasteiger partial charge in [0, 0.05) is 28.3 Å². The van der Waals surface area contributed by atoms with E-state index < -0.39 is 5.82 Å². The van der Waals surface area contributed by atoms with Gasteiger partial charge in [-0.2, -0.15) is 0 Å². The van der Waals surface area contributed by atoms with Gasteiger partial charge in [0.15, 0.2) is 5.58 Å². The molecule has 0 fully saturated rings. The highest BCUT2D eigenvalue weighted by atomic mass is 35.5. The van der Waals surface area contributed by atoms with Gasteiger partial charge in [-0.25, -0.2) is 4.39 Å². The number of hydrogen-bond donors (Lipinski definition) is 1. The maximum atomic E-state index is 15.5. The fourth-order valence-corrected chi connectivity index (χ4v) is 4.63. The van der Waals surface area contributed by atoms with Gasteiger partial charge in [0.25, 0.3) is 0 Å². The van der Waals surface area contributed by atoms with Crippen LogP contribution < -0.4 is 5.73 Å². The van der Waals surface area contributed by atoms with Gasteiger partial charge in [0.05, 0.1) is 16.6 Å². The van der Waals surface area contributed by atoms with Crippen molar-refractivity contribution in [2.24, 2.45) is 11.7 Å². The molecule has 0 saturated carbocycles. The lowest BCUT2D eigenvalue weighted by Crippen LogP contribution is -2.03. The molecule has 0 aliphatic rings. The molecule has 6 heteroatoms. The summed E-state index contributed by atoms with van der Waals surface area (Å²) in [7, 11) is 0. The van der Waals surface area contributed by atoms with Crippen LogP contribution >= 0.6 is 23.2 Å². The highest BCUT2D eigenvalue weighted by Gasteiger charge is 2.23. The molecule has 0 unspecified atom stereocenters. The fraction of sp³-hybridized carbons (Fsp3) is 0.296. The Hall–Kier alpha value is -2.40. The number of nitrogens with two attached hydrogens (primary N) is 1. The van der Waals surface area contributed by atoms with Crippen molar-refractivity contribution in [3.63, 3.8) is 0 Å². The molecule has 0 saturated heterocycles. The van der Waals surface area contributed by atoms with Gasteiger partial charge in [-0.05, 0) is 71.7 Å². The van der Waals surface area contributed by atoms with E-state index in [2.05, 4.69) is 25.9 Å². The van der Waals surface area contributed by atoms with Crippen LogP contribution in [0.2, 0.25) is 10.0 Å². The zero-order chi connectivity index (χ0) is 23.7. The molecule has 3 aromatic carbocycles. The molecule has 33 heavy (non-hydrogen) atoms. The summed E-state index contributed by atoms with van der Waals surface area (Å²) in [5.74, 6) is 0.0457. The van der Waals surface area contributed by atoms with Crippen molar-refractivity contribution >= 4 is 34.2 Å². The van der Waals surface area contributed by atoms with Gasteiger partial charge in [-0.3, -0.25) is 0 Å². The standard InChI is InChI=1S/C27H27Cl2FN2O/c1-4-16-6-9-22(28)20(11-16)25-18(13-31)12-19(21-14-32-33-27(21)25)24-17(7-5-15(2)3)8-10-23(29)26(24)30/h6,8-12,14-15H,4-5,7,13,31H2,1-3H3. The van der Waals surface area contributed by atoms with E-state index in [0.29, 0.717) is 33.0 Å². The second-order valence-corrected chi connectivity index (χ2v) is 9.54. The summed E-state index contributed by atoms with van der Waals surface area (Å²) in [6.45, 7) is 6.62. The van der Waals surface area contributed by atoms with E-state index in [1.54, 1.807) is 12.3 Å². The van der Waals surface area contributed by atoms with Crippen molar-refractivity contribution in [3.05, 3.63) is 75.1 Å². The lowest BCUT2D eigenvalue weighted by atomic mass is 9.88. The third-order valence-electron chi connectivity index (χ3n) is 6.10. The number of rotatable bonds is 7. The quantitative estimate of drug-likeness (QED) is 0.287. The Morgan fingerprint density at radius 2 is 1.76 bits per heavy atom. The summed E-state index contributed by atoms with van der Waals surface area (Å²) < 4.78 is 21.2. The van der Waals surface area contributed by atoms with Gasteiger partial charge in [0.2, 0.25) is 0 Å². The zero-order valence-corrected chi connectivity index (χ0v) is 20.5. The summed E-state index contributed by atoms with van der Waals surface area (Å²) in [6.07, 6.45) is 4.16. The van der Waals surface area contributed by atoms with Crippen LogP contribution in [-0.2, 0) is 19.4 Å². The van der Waals surface area contributed by atoms with Crippen LogP contribution in [0.3, 0.4) is 0 Å². The first-order valence-corrected chi connectivity index (χ1v) is 12.0. The molecule has 1 heterocycles. The number of aryl methyl sites for hydroxylation is 2. The molecule has 4 rings (SSSR count). The number of hydrogen-bond acceptors (Lipinski definition) is 3. The van der Waals surface area contributed by atoms with E-state index in [-0.39, 0.29) is 11.6 Å². The van der Waals surface area contributed by atoms with E-state index in [0.717, 1.165) is 47.1 Å². The lowest BCUT2D eigenvalue weighted by Gasteiger charge is -2.18. The molecular weight excluding hydrogens is 458 g/mol. The molecule has 2 N–H and O–H groups in total. The van der Waals surface area contributed by atoms with Gasteiger partial charge < -0.3 is 10.3 Å². The first-order chi connectivity index (χ1) is 15.8. The Labute approximate surface area is 203 Å². The lowest BCUT2D eigenvalue weighted by molar-refractivity contribution is 0.457. The third kappa shape index (κ3) is 4.52. The second-order valence-electron chi connectivity index (χ2n) is 8.73. The normalized spacial score (nSPS) is 11.6. The first-order valence-electron chi connectivity index (χ1n) is 11.2. The summed E-state index contributed by atoms with van der Waals surface area (Å²) >= 11 is 12.8. The van der Waals surface area contributed by atoms with E-state index >= 15 is 4.39 Å². The maximum Gasteiger partial charge on any atom is 0.175 e. The van der Waals surface area contributed by atoms with Crippen LogP contribution in [0, 0.1) is 11.7 Å². The van der Waals surface area contributed by atoms with E-state index in [9.17, 15) is 0 Å². The minimum absolute atomic E-state index is 0.0833. The topological polar surface area (TPSA) is 52.0 Å². The van der Waals surface area contributed by atoms with Crippen molar-refractivity contribution in [2.45, 2.75) is 46.6 Å². The largest absolute Gasteiger partial charge is 0.356 e. The summed E-state index contributed by atoms with van der Waals surface area (Å²) in [4.78, 5) is 0. The molecule has 0 atom stereocenters. The fourth-order valence-electron chi connectivity index (χ4n) is 4.26. The van der Waals surface area contributed by atoms with Crippen LogP contribution in [0.4, 0.5) is 4.39 Å². The van der Waals surface area contributed by atoms with E-state index in [4.69, 9.17) is 33.5 Å². The number of nitrogens with zero attached hydrogens (tertiary/aromatic N) is 1. The number of benzene rings is 3. The Balaban J connectivity index is 2.02. The third-order valence-corrected chi connectivity index (χ3v) is 6.72. The van der Waals surface area contributed by atoms with E-state index in [1.165, 1.54) is 0 Å². The molecule has 0 bridgehead atoms. The van der Waals surface area contributed by atoms with Crippen molar-refractivity contribution < 1.29 is 8.91 Å². The molecule has 1 aromatic heterocycles. The molecule has 0 spiro atoms. The molecule has 3 nitrogen and oxygen atoms in total. The van der Waals surface area contributed by atoms with Crippen LogP contribution in [-0.4, -0.2) is 5.16 Å². The summed E-state index contributed by atoms with van der Waals surface area (Å²) in [5.41, 5.74) is 12.4. The summed E-state index contributed by atoms with van der Waals surface area (Å²) in [5, 5.41) is 5.44. The second kappa shape index (κ2) is 9.84. The number of aromatic nitrogens is 1. The van der Waals surface area contributed by atoms with Gasteiger partial charge in [-0.15, -0.1) is 0 Å². The van der Waals surface area contributed by atoms with Crippen LogP contribution in [0.1, 0.15) is 43.9 Å². The van der Waals surface area contributed by atoms with Gasteiger partial charge in [0.1, 0.15) is 5.82 Å². The van der Waals surface area contributed by atoms with Gasteiger partial charge >= 0.3 is 0 Å². The van der Waals surface area contributed by atoms with Crippen LogP contribution in [0.25, 0.3) is 33.2 Å². The molecule has 4 aromatic rings. The Bertz CT molecular complexity index is 1310. The predicted molar refractivity (Wildman–Crippen MR) is 135 cm³/mol. The Kier molecular flexibility index (Phi) is 7.08. The SMILES string of the molecule is CCc1ccc(Cl)c(-c2c(CN)cc(-c3c(CCC(C)C)ccc(Cl)c3F)c3cnoc23)c1. The summed E-state index contributed by atoms with van der Waals surface area (Å²) in [6, 6.07) is 11.4. The Morgan fingerprint density at radius 1 is 1.00 bits per heavy atom. The van der Waals surface area contributed by atoms with Crippen molar-refractivity contribution in [1.29, 1.82) is 0 Å². The highest BCUT2D eigenvalue weighted by Crippen LogP contribution is 2.43. The van der Waals surface area contributed by atoms with Gasteiger partial charge in [-0.1, -0.05) is 61.3 Å². The number of halogens is 3. The molecule has 0 aliphatic heterocycles. The molecule has 0 radical (unpaired) electrons. The average Bonchev–Trinajstić information content (AvgIpc) is 3.29. The number of fused-ring (bicyclic) bond motifs is 1. The first kappa shape index (κ1) is 23.7. The Morgan fingerprint density at radius 3 is 2.45 bits per heavy atom. The van der Waals surface area contributed by atoms with Crippen molar-refractivity contribution in [1.82, 2.24) is 5.16 Å². The highest BCUT2D eigenvalue weighted by molar-refractivity contribution is 6.34. The average molecular weight is 485 g/mol.